The second kappa shape index (κ2) is 8.94. The maximum Gasteiger partial charge on any atom is 0.124 e. The van der Waals surface area contributed by atoms with Crippen molar-refractivity contribution in [1.29, 1.82) is 0 Å². The average molecular weight is 500 g/mol. The number of thioether (sulfide) groups is 1. The second-order valence-electron chi connectivity index (χ2n) is 8.79. The Bertz CT molecular complexity index is 1660. The van der Waals surface area contributed by atoms with Gasteiger partial charge in [0.2, 0.25) is 0 Å². The molecule has 5 heteroatoms. The summed E-state index contributed by atoms with van der Waals surface area (Å²) in [7, 11) is 0. The van der Waals surface area contributed by atoms with Gasteiger partial charge < -0.3 is 5.32 Å². The lowest BCUT2D eigenvalue weighted by Crippen LogP contribution is -2.01. The SMILES string of the molecule is c1cc(-c2cncc(-c3cccc(C4Nc5ccccc5S4)c3)c2)cc(-c2nc3ccccc3s2)c1. The van der Waals surface area contributed by atoms with Crippen LogP contribution in [0.5, 0.6) is 0 Å². The van der Waals surface area contributed by atoms with Crippen molar-refractivity contribution in [2.75, 3.05) is 5.32 Å². The summed E-state index contributed by atoms with van der Waals surface area (Å²) >= 11 is 3.59. The summed E-state index contributed by atoms with van der Waals surface area (Å²) in [5, 5.41) is 4.89. The number of pyridine rings is 1. The van der Waals surface area contributed by atoms with Gasteiger partial charge >= 0.3 is 0 Å². The number of nitrogens with zero attached hydrogens (tertiary/aromatic N) is 2. The molecule has 2 aromatic heterocycles. The summed E-state index contributed by atoms with van der Waals surface area (Å²) in [6.45, 7) is 0. The van der Waals surface area contributed by atoms with Crippen LogP contribution in [0.25, 0.3) is 43.0 Å². The third-order valence-corrected chi connectivity index (χ3v) is 8.74. The van der Waals surface area contributed by atoms with E-state index in [1.54, 1.807) is 11.3 Å². The van der Waals surface area contributed by atoms with E-state index in [1.165, 1.54) is 26.4 Å². The van der Waals surface area contributed by atoms with Crippen LogP contribution in [0.3, 0.4) is 0 Å². The molecule has 172 valence electrons. The molecule has 1 aliphatic rings. The van der Waals surface area contributed by atoms with Crippen LogP contribution in [0, 0.1) is 0 Å². The Labute approximate surface area is 217 Å². The minimum absolute atomic E-state index is 0.212. The van der Waals surface area contributed by atoms with Crippen molar-refractivity contribution in [1.82, 2.24) is 9.97 Å². The van der Waals surface area contributed by atoms with Crippen molar-refractivity contribution >= 4 is 39.0 Å². The van der Waals surface area contributed by atoms with Crippen molar-refractivity contribution in [2.24, 2.45) is 0 Å². The Morgan fingerprint density at radius 1 is 0.639 bits per heavy atom. The molecule has 1 aliphatic heterocycles. The van der Waals surface area contributed by atoms with Crippen molar-refractivity contribution in [3.63, 3.8) is 0 Å². The smallest absolute Gasteiger partial charge is 0.124 e. The van der Waals surface area contributed by atoms with Crippen LogP contribution in [0.1, 0.15) is 10.9 Å². The van der Waals surface area contributed by atoms with E-state index in [0.29, 0.717) is 0 Å². The van der Waals surface area contributed by atoms with Gasteiger partial charge in [-0.3, -0.25) is 4.98 Å². The molecule has 6 aromatic rings. The minimum atomic E-state index is 0.212. The number of para-hydroxylation sites is 2. The van der Waals surface area contributed by atoms with Gasteiger partial charge in [0.25, 0.3) is 0 Å². The van der Waals surface area contributed by atoms with E-state index < -0.39 is 0 Å². The van der Waals surface area contributed by atoms with E-state index in [1.807, 2.05) is 30.2 Å². The monoisotopic (exact) mass is 499 g/mol. The predicted molar refractivity (Wildman–Crippen MR) is 152 cm³/mol. The van der Waals surface area contributed by atoms with Crippen molar-refractivity contribution in [3.05, 3.63) is 121 Å². The van der Waals surface area contributed by atoms with Gasteiger partial charge in [0.05, 0.1) is 10.2 Å². The van der Waals surface area contributed by atoms with Crippen molar-refractivity contribution < 1.29 is 0 Å². The molecule has 0 saturated heterocycles. The first-order valence-electron chi connectivity index (χ1n) is 11.8. The summed E-state index contributed by atoms with van der Waals surface area (Å²) in [5.74, 6) is 0. The molecule has 0 amide bonds. The molecule has 0 saturated carbocycles. The number of hydrogen-bond donors (Lipinski definition) is 1. The normalized spacial score (nSPS) is 14.5. The van der Waals surface area contributed by atoms with Crippen LogP contribution in [-0.4, -0.2) is 9.97 Å². The molecule has 0 aliphatic carbocycles. The largest absolute Gasteiger partial charge is 0.368 e. The first kappa shape index (κ1) is 21.4. The Morgan fingerprint density at radius 2 is 1.36 bits per heavy atom. The minimum Gasteiger partial charge on any atom is -0.368 e. The van der Waals surface area contributed by atoms with Crippen LogP contribution < -0.4 is 5.32 Å². The molecule has 1 N–H and O–H groups in total. The standard InChI is InChI=1S/C31H21N3S2/c1-3-13-28-26(11-1)33-30(35-28)22-9-5-7-20(15-22)24-17-25(19-32-18-24)21-8-6-10-23(16-21)31-34-27-12-2-4-14-29(27)36-31/h1-19,30,33H. The molecule has 0 bridgehead atoms. The molecular weight excluding hydrogens is 478 g/mol. The van der Waals surface area contributed by atoms with Crippen LogP contribution in [0.4, 0.5) is 5.69 Å². The van der Waals surface area contributed by atoms with Crippen LogP contribution in [-0.2, 0) is 0 Å². The average Bonchev–Trinajstić information content (AvgIpc) is 3.58. The fraction of sp³-hybridized carbons (Fsp3) is 0.0323. The molecule has 7 rings (SSSR count). The number of benzene rings is 4. The number of thiazole rings is 1. The number of fused-ring (bicyclic) bond motifs is 2. The zero-order chi connectivity index (χ0) is 23.9. The molecule has 0 fully saturated rings. The fourth-order valence-corrected chi connectivity index (χ4v) is 6.70. The first-order chi connectivity index (χ1) is 17.8. The van der Waals surface area contributed by atoms with Crippen molar-refractivity contribution in [3.8, 4) is 32.8 Å². The van der Waals surface area contributed by atoms with Crippen LogP contribution in [0.15, 0.2) is 120 Å². The summed E-state index contributed by atoms with van der Waals surface area (Å²) < 4.78 is 1.21. The van der Waals surface area contributed by atoms with Gasteiger partial charge in [-0.2, -0.15) is 0 Å². The molecule has 1 atom stereocenters. The highest BCUT2D eigenvalue weighted by Gasteiger charge is 2.22. The number of rotatable bonds is 4. The van der Waals surface area contributed by atoms with E-state index in [9.17, 15) is 0 Å². The summed E-state index contributed by atoms with van der Waals surface area (Å²) in [4.78, 5) is 10.7. The molecule has 4 aromatic carbocycles. The van der Waals surface area contributed by atoms with Crippen LogP contribution in [0.2, 0.25) is 0 Å². The summed E-state index contributed by atoms with van der Waals surface area (Å²) in [6.07, 6.45) is 3.89. The number of hydrogen-bond acceptors (Lipinski definition) is 5. The topological polar surface area (TPSA) is 37.8 Å². The number of anilines is 1. The molecule has 0 spiro atoms. The number of aromatic nitrogens is 2. The second-order valence-corrected chi connectivity index (χ2v) is 11.0. The van der Waals surface area contributed by atoms with Gasteiger partial charge in [0.1, 0.15) is 10.4 Å². The Balaban J connectivity index is 1.20. The Morgan fingerprint density at radius 3 is 2.22 bits per heavy atom. The lowest BCUT2D eigenvalue weighted by molar-refractivity contribution is 1.13. The molecule has 36 heavy (non-hydrogen) atoms. The fourth-order valence-electron chi connectivity index (χ4n) is 4.60. The molecular formula is C31H21N3S2. The highest BCUT2D eigenvalue weighted by atomic mass is 32.2. The van der Waals surface area contributed by atoms with E-state index in [2.05, 4.69) is 107 Å². The van der Waals surface area contributed by atoms with E-state index >= 15 is 0 Å². The maximum atomic E-state index is 4.84. The Hall–Kier alpha value is -3.93. The lowest BCUT2D eigenvalue weighted by Gasteiger charge is -2.13. The maximum absolute atomic E-state index is 4.84. The van der Waals surface area contributed by atoms with Gasteiger partial charge in [-0.15, -0.1) is 11.3 Å². The Kier molecular flexibility index (Phi) is 5.30. The van der Waals surface area contributed by atoms with E-state index in [-0.39, 0.29) is 5.37 Å². The molecule has 0 radical (unpaired) electrons. The van der Waals surface area contributed by atoms with Gasteiger partial charge in [-0.1, -0.05) is 72.4 Å². The van der Waals surface area contributed by atoms with Crippen molar-refractivity contribution in [2.45, 2.75) is 10.3 Å². The highest BCUT2D eigenvalue weighted by Crippen LogP contribution is 2.46. The van der Waals surface area contributed by atoms with Gasteiger partial charge in [0, 0.05) is 39.7 Å². The molecule has 3 nitrogen and oxygen atoms in total. The highest BCUT2D eigenvalue weighted by molar-refractivity contribution is 8.00. The zero-order valence-corrected chi connectivity index (χ0v) is 20.9. The van der Waals surface area contributed by atoms with E-state index in [0.717, 1.165) is 32.8 Å². The zero-order valence-electron chi connectivity index (χ0n) is 19.3. The van der Waals surface area contributed by atoms with Gasteiger partial charge in [-0.25, -0.2) is 4.98 Å². The summed E-state index contributed by atoms with van der Waals surface area (Å²) in [5.41, 5.74) is 9.16. The summed E-state index contributed by atoms with van der Waals surface area (Å²) in [6, 6.07) is 36.4. The first-order valence-corrected chi connectivity index (χ1v) is 13.5. The molecule has 3 heterocycles. The third kappa shape index (κ3) is 3.96. The van der Waals surface area contributed by atoms with Gasteiger partial charge in [-0.05, 0) is 59.2 Å². The van der Waals surface area contributed by atoms with Crippen LogP contribution >= 0.6 is 23.1 Å². The quantitative estimate of drug-likeness (QED) is 0.263. The third-order valence-electron chi connectivity index (χ3n) is 6.42. The predicted octanol–water partition coefficient (Wildman–Crippen LogP) is 8.91. The lowest BCUT2D eigenvalue weighted by atomic mass is 9.99. The van der Waals surface area contributed by atoms with Gasteiger partial charge in [0.15, 0.2) is 0 Å². The number of nitrogens with one attached hydrogen (secondary N) is 1. The molecule has 1 unspecified atom stereocenters. The van der Waals surface area contributed by atoms with E-state index in [4.69, 9.17) is 4.98 Å².